The van der Waals surface area contributed by atoms with Crippen molar-refractivity contribution in [3.63, 3.8) is 0 Å². The molecule has 0 spiro atoms. The Labute approximate surface area is 137 Å². The van der Waals surface area contributed by atoms with E-state index in [1.165, 1.54) is 23.7 Å². The molecule has 0 saturated heterocycles. The predicted octanol–water partition coefficient (Wildman–Crippen LogP) is 2.90. The second-order valence-corrected chi connectivity index (χ2v) is 6.74. The molecule has 8 heteroatoms. The van der Waals surface area contributed by atoms with Crippen LogP contribution in [-0.2, 0) is 11.3 Å². The Morgan fingerprint density at radius 1 is 1.52 bits per heavy atom. The van der Waals surface area contributed by atoms with E-state index in [2.05, 4.69) is 10.4 Å². The van der Waals surface area contributed by atoms with Gasteiger partial charge < -0.3 is 5.32 Å². The van der Waals surface area contributed by atoms with Gasteiger partial charge in [-0.1, -0.05) is 18.9 Å². The fraction of sp³-hybridized carbons (Fsp3) is 0.467. The summed E-state index contributed by atoms with van der Waals surface area (Å²) in [6, 6.07) is 4.06. The molecule has 1 aliphatic rings. The van der Waals surface area contributed by atoms with Crippen LogP contribution in [0, 0.1) is 16.0 Å². The minimum absolute atomic E-state index is 0.0115. The van der Waals surface area contributed by atoms with E-state index in [1.807, 2.05) is 17.5 Å². The number of thiophene rings is 1. The molecule has 3 rings (SSSR count). The summed E-state index contributed by atoms with van der Waals surface area (Å²) in [4.78, 5) is 23.6. The molecule has 0 radical (unpaired) electrons. The number of carbonyl (C=O) groups excluding carboxylic acids is 1. The van der Waals surface area contributed by atoms with Crippen molar-refractivity contribution in [3.8, 4) is 0 Å². The zero-order chi connectivity index (χ0) is 16.2. The van der Waals surface area contributed by atoms with Crippen LogP contribution >= 0.6 is 11.3 Å². The zero-order valence-corrected chi connectivity index (χ0v) is 13.4. The lowest BCUT2D eigenvalue weighted by molar-refractivity contribution is -0.385. The third kappa shape index (κ3) is 3.76. The van der Waals surface area contributed by atoms with E-state index < -0.39 is 4.92 Å². The first-order valence-corrected chi connectivity index (χ1v) is 8.51. The largest absolute Gasteiger partial charge is 0.347 e. The van der Waals surface area contributed by atoms with Gasteiger partial charge in [0.25, 0.3) is 0 Å². The van der Waals surface area contributed by atoms with Crippen molar-refractivity contribution in [2.24, 2.45) is 5.92 Å². The molecule has 0 aliphatic heterocycles. The predicted molar refractivity (Wildman–Crippen MR) is 86.0 cm³/mol. The smallest absolute Gasteiger partial charge is 0.307 e. The molecule has 0 aromatic carbocycles. The number of nitro groups is 1. The summed E-state index contributed by atoms with van der Waals surface area (Å²) in [5, 5.41) is 19.6. The molecule has 2 aromatic heterocycles. The van der Waals surface area contributed by atoms with Gasteiger partial charge in [-0.25, -0.2) is 0 Å². The first kappa shape index (κ1) is 15.7. The highest BCUT2D eigenvalue weighted by molar-refractivity contribution is 7.10. The summed E-state index contributed by atoms with van der Waals surface area (Å²) >= 11 is 1.65. The average molecular weight is 334 g/mol. The van der Waals surface area contributed by atoms with Crippen LogP contribution in [-0.4, -0.2) is 20.6 Å². The van der Waals surface area contributed by atoms with Gasteiger partial charge in [0.15, 0.2) is 0 Å². The van der Waals surface area contributed by atoms with E-state index in [1.54, 1.807) is 11.3 Å². The van der Waals surface area contributed by atoms with Crippen LogP contribution in [0.5, 0.6) is 0 Å². The van der Waals surface area contributed by atoms with Gasteiger partial charge in [-0.2, -0.15) is 5.10 Å². The SMILES string of the molecule is O=C(Cn1cc([N+](=O)[O-])cn1)N[C@H](c1cccs1)C1CCCC1. The molecule has 1 aliphatic carbocycles. The second kappa shape index (κ2) is 6.91. The molecular formula is C15H18N4O3S. The maximum Gasteiger partial charge on any atom is 0.307 e. The molecule has 2 heterocycles. The van der Waals surface area contributed by atoms with E-state index in [9.17, 15) is 14.9 Å². The number of hydrogen-bond acceptors (Lipinski definition) is 5. The van der Waals surface area contributed by atoms with Crippen molar-refractivity contribution in [2.75, 3.05) is 0 Å². The Hall–Kier alpha value is -2.22. The summed E-state index contributed by atoms with van der Waals surface area (Å²) in [7, 11) is 0. The molecule has 0 bridgehead atoms. The van der Waals surface area contributed by atoms with E-state index in [4.69, 9.17) is 0 Å². The Bertz CT molecular complexity index is 677. The Kier molecular flexibility index (Phi) is 4.71. The van der Waals surface area contributed by atoms with Crippen LogP contribution in [0.25, 0.3) is 0 Å². The molecule has 2 aromatic rings. The molecule has 1 amide bonds. The highest BCUT2D eigenvalue weighted by Gasteiger charge is 2.28. The van der Waals surface area contributed by atoms with Crippen molar-refractivity contribution >= 4 is 22.9 Å². The number of rotatable bonds is 6. The summed E-state index contributed by atoms with van der Waals surface area (Å²) in [5.74, 6) is 0.290. The van der Waals surface area contributed by atoms with Gasteiger partial charge in [0.1, 0.15) is 18.9 Å². The maximum absolute atomic E-state index is 12.3. The molecular weight excluding hydrogens is 316 g/mol. The van der Waals surface area contributed by atoms with Gasteiger partial charge >= 0.3 is 5.69 Å². The van der Waals surface area contributed by atoms with Gasteiger partial charge in [0.2, 0.25) is 5.91 Å². The monoisotopic (exact) mass is 334 g/mol. The van der Waals surface area contributed by atoms with Gasteiger partial charge in [-0.15, -0.1) is 11.3 Å². The summed E-state index contributed by atoms with van der Waals surface area (Å²) in [6.07, 6.45) is 7.07. The van der Waals surface area contributed by atoms with Gasteiger partial charge in [-0.05, 0) is 30.2 Å². The molecule has 0 unspecified atom stereocenters. The molecule has 122 valence electrons. The first-order valence-electron chi connectivity index (χ1n) is 7.63. The highest BCUT2D eigenvalue weighted by atomic mass is 32.1. The molecule has 7 nitrogen and oxygen atoms in total. The maximum atomic E-state index is 12.3. The lowest BCUT2D eigenvalue weighted by Gasteiger charge is -2.23. The number of carbonyl (C=O) groups is 1. The van der Waals surface area contributed by atoms with Crippen LogP contribution in [0.2, 0.25) is 0 Å². The van der Waals surface area contributed by atoms with Gasteiger partial charge in [-0.3, -0.25) is 19.6 Å². The molecule has 1 saturated carbocycles. The Balaban J connectivity index is 1.66. The fourth-order valence-electron chi connectivity index (χ4n) is 3.08. The van der Waals surface area contributed by atoms with Gasteiger partial charge in [0.05, 0.1) is 11.0 Å². The van der Waals surface area contributed by atoms with Crippen molar-refractivity contribution in [1.82, 2.24) is 15.1 Å². The molecule has 23 heavy (non-hydrogen) atoms. The number of aromatic nitrogens is 2. The minimum Gasteiger partial charge on any atom is -0.347 e. The highest BCUT2D eigenvalue weighted by Crippen LogP contribution is 2.37. The topological polar surface area (TPSA) is 90.1 Å². The minimum atomic E-state index is -0.519. The van der Waals surface area contributed by atoms with E-state index in [0.29, 0.717) is 5.92 Å². The summed E-state index contributed by atoms with van der Waals surface area (Å²) in [6.45, 7) is -0.0115. The van der Waals surface area contributed by atoms with Crippen LogP contribution in [0.1, 0.15) is 36.6 Å². The fourth-order valence-corrected chi connectivity index (χ4v) is 3.95. The van der Waals surface area contributed by atoms with E-state index in [-0.39, 0.29) is 24.2 Å². The van der Waals surface area contributed by atoms with Crippen molar-refractivity contribution in [1.29, 1.82) is 0 Å². The molecule has 1 fully saturated rings. The molecule has 1 atom stereocenters. The number of amides is 1. The second-order valence-electron chi connectivity index (χ2n) is 5.76. The average Bonchev–Trinajstić information content (AvgIpc) is 3.26. The quantitative estimate of drug-likeness (QED) is 0.649. The summed E-state index contributed by atoms with van der Waals surface area (Å²) < 4.78 is 1.30. The lowest BCUT2D eigenvalue weighted by atomic mass is 9.96. The van der Waals surface area contributed by atoms with Crippen LogP contribution in [0.3, 0.4) is 0 Å². The van der Waals surface area contributed by atoms with Crippen LogP contribution in [0.4, 0.5) is 5.69 Å². The Morgan fingerprint density at radius 2 is 2.30 bits per heavy atom. The number of hydrogen-bond donors (Lipinski definition) is 1. The normalized spacial score (nSPS) is 16.3. The summed E-state index contributed by atoms with van der Waals surface area (Å²) in [5.41, 5.74) is -0.108. The van der Waals surface area contributed by atoms with Crippen molar-refractivity contribution in [3.05, 3.63) is 44.9 Å². The third-order valence-corrected chi connectivity index (χ3v) is 5.13. The van der Waals surface area contributed by atoms with E-state index in [0.717, 1.165) is 23.9 Å². The Morgan fingerprint density at radius 3 is 2.91 bits per heavy atom. The lowest BCUT2D eigenvalue weighted by Crippen LogP contribution is -2.34. The standard InChI is InChI=1S/C15H18N4O3S/c20-14(10-18-9-12(8-16-18)19(21)22)17-15(11-4-1-2-5-11)13-6-3-7-23-13/h3,6-9,11,15H,1-2,4-5,10H2,(H,17,20)/t15-/m0/s1. The van der Waals surface area contributed by atoms with Crippen LogP contribution < -0.4 is 5.32 Å². The number of nitrogens with one attached hydrogen (secondary N) is 1. The van der Waals surface area contributed by atoms with E-state index >= 15 is 0 Å². The van der Waals surface area contributed by atoms with Crippen molar-refractivity contribution in [2.45, 2.75) is 38.3 Å². The molecule has 1 N–H and O–H groups in total. The third-order valence-electron chi connectivity index (χ3n) is 4.17. The number of nitrogens with zero attached hydrogens (tertiary/aromatic N) is 3. The van der Waals surface area contributed by atoms with Crippen LogP contribution in [0.15, 0.2) is 29.9 Å². The first-order chi connectivity index (χ1) is 11.1. The van der Waals surface area contributed by atoms with Gasteiger partial charge in [0, 0.05) is 4.88 Å². The van der Waals surface area contributed by atoms with Crippen molar-refractivity contribution < 1.29 is 9.72 Å². The zero-order valence-electron chi connectivity index (χ0n) is 12.6.